The molecule has 3 rings (SSSR count). The lowest BCUT2D eigenvalue weighted by atomic mass is 9.85. The molecule has 0 unspecified atom stereocenters. The third-order valence-electron chi connectivity index (χ3n) is 4.30. The van der Waals surface area contributed by atoms with Crippen molar-refractivity contribution in [2.75, 3.05) is 6.54 Å². The van der Waals surface area contributed by atoms with Crippen LogP contribution in [0.1, 0.15) is 24.1 Å². The van der Waals surface area contributed by atoms with Crippen molar-refractivity contribution in [3.63, 3.8) is 0 Å². The highest BCUT2D eigenvalue weighted by Crippen LogP contribution is 2.26. The van der Waals surface area contributed by atoms with Crippen LogP contribution in [0, 0.1) is 18.7 Å². The number of aromatic nitrogens is 1. The minimum atomic E-state index is -0.325. The molecule has 1 aliphatic carbocycles. The Morgan fingerprint density at radius 1 is 1.35 bits per heavy atom. The quantitative estimate of drug-likeness (QED) is 0.914. The standard InChI is InChI=1S/C17H19FN2O2S/c1-11-16(13-5-7-14(18)8-6-13)20(17(22)23-11)10-15(21)19-9-12-3-2-4-12/h5-8,12H,2-4,9-10H2,1H3,(H,19,21). The van der Waals surface area contributed by atoms with Crippen molar-refractivity contribution in [3.8, 4) is 11.3 Å². The Hall–Kier alpha value is -1.95. The smallest absolute Gasteiger partial charge is 0.308 e. The first-order valence-electron chi connectivity index (χ1n) is 7.77. The number of amides is 1. The number of carbonyl (C=O) groups is 1. The number of hydrogen-bond acceptors (Lipinski definition) is 3. The second-order valence-electron chi connectivity index (χ2n) is 5.97. The van der Waals surface area contributed by atoms with Gasteiger partial charge in [0.1, 0.15) is 12.4 Å². The van der Waals surface area contributed by atoms with E-state index in [1.165, 1.54) is 36.0 Å². The maximum Gasteiger partial charge on any atom is 0.308 e. The van der Waals surface area contributed by atoms with E-state index in [1.54, 1.807) is 12.1 Å². The van der Waals surface area contributed by atoms with Crippen LogP contribution in [0.3, 0.4) is 0 Å². The molecule has 1 N–H and O–H groups in total. The average Bonchev–Trinajstić information content (AvgIpc) is 2.73. The summed E-state index contributed by atoms with van der Waals surface area (Å²) in [6.07, 6.45) is 3.57. The van der Waals surface area contributed by atoms with E-state index in [0.29, 0.717) is 18.2 Å². The average molecular weight is 334 g/mol. The number of carbonyl (C=O) groups excluding carboxylic acids is 1. The second-order valence-corrected chi connectivity index (χ2v) is 7.13. The SMILES string of the molecule is Cc1sc(=O)n(CC(=O)NCC2CCC2)c1-c1ccc(F)cc1. The van der Waals surface area contributed by atoms with E-state index in [4.69, 9.17) is 0 Å². The highest BCUT2D eigenvalue weighted by molar-refractivity contribution is 7.09. The van der Waals surface area contributed by atoms with Crippen molar-refractivity contribution < 1.29 is 9.18 Å². The molecule has 2 aromatic rings. The van der Waals surface area contributed by atoms with Crippen LogP contribution in [0.4, 0.5) is 4.39 Å². The number of hydrogen-bond donors (Lipinski definition) is 1. The summed E-state index contributed by atoms with van der Waals surface area (Å²) in [5.41, 5.74) is 1.44. The van der Waals surface area contributed by atoms with Gasteiger partial charge in [0.2, 0.25) is 5.91 Å². The van der Waals surface area contributed by atoms with Crippen LogP contribution in [-0.2, 0) is 11.3 Å². The van der Waals surface area contributed by atoms with Crippen LogP contribution >= 0.6 is 11.3 Å². The lowest BCUT2D eigenvalue weighted by molar-refractivity contribution is -0.122. The molecule has 1 saturated carbocycles. The van der Waals surface area contributed by atoms with E-state index < -0.39 is 0 Å². The van der Waals surface area contributed by atoms with Gasteiger partial charge in [-0.15, -0.1) is 0 Å². The molecule has 0 atom stereocenters. The summed E-state index contributed by atoms with van der Waals surface area (Å²) < 4.78 is 14.6. The van der Waals surface area contributed by atoms with Gasteiger partial charge in [-0.1, -0.05) is 17.8 Å². The number of halogens is 1. The predicted molar refractivity (Wildman–Crippen MR) is 89.1 cm³/mol. The van der Waals surface area contributed by atoms with Crippen molar-refractivity contribution in [3.05, 3.63) is 44.6 Å². The monoisotopic (exact) mass is 334 g/mol. The van der Waals surface area contributed by atoms with Crippen LogP contribution in [0.5, 0.6) is 0 Å². The Bertz CT molecular complexity index is 760. The number of nitrogens with zero attached hydrogens (tertiary/aromatic N) is 1. The van der Waals surface area contributed by atoms with E-state index >= 15 is 0 Å². The van der Waals surface area contributed by atoms with Crippen LogP contribution in [0.15, 0.2) is 29.1 Å². The Balaban J connectivity index is 1.79. The van der Waals surface area contributed by atoms with Crippen LogP contribution in [-0.4, -0.2) is 17.0 Å². The van der Waals surface area contributed by atoms with Crippen molar-refractivity contribution >= 4 is 17.2 Å². The Kier molecular flexibility index (Phi) is 4.61. The number of nitrogens with one attached hydrogen (secondary N) is 1. The molecule has 1 aromatic heterocycles. The molecule has 6 heteroatoms. The molecule has 122 valence electrons. The van der Waals surface area contributed by atoms with Gasteiger partial charge in [-0.2, -0.15) is 0 Å². The van der Waals surface area contributed by atoms with Gasteiger partial charge in [-0.05, 0) is 55.5 Å². The first kappa shape index (κ1) is 15.9. The Morgan fingerprint density at radius 3 is 2.65 bits per heavy atom. The van der Waals surface area contributed by atoms with Crippen molar-refractivity contribution in [2.45, 2.75) is 32.7 Å². The van der Waals surface area contributed by atoms with Gasteiger partial charge in [-0.25, -0.2) is 4.39 Å². The van der Waals surface area contributed by atoms with E-state index in [9.17, 15) is 14.0 Å². The zero-order valence-corrected chi connectivity index (χ0v) is 13.8. The lowest BCUT2D eigenvalue weighted by Crippen LogP contribution is -2.35. The van der Waals surface area contributed by atoms with Crippen molar-refractivity contribution in [2.24, 2.45) is 5.92 Å². The number of aryl methyl sites for hydroxylation is 1. The van der Waals surface area contributed by atoms with Gasteiger partial charge < -0.3 is 5.32 Å². The zero-order chi connectivity index (χ0) is 16.4. The van der Waals surface area contributed by atoms with Crippen molar-refractivity contribution in [1.82, 2.24) is 9.88 Å². The third kappa shape index (κ3) is 3.52. The van der Waals surface area contributed by atoms with Crippen molar-refractivity contribution in [1.29, 1.82) is 0 Å². The van der Waals surface area contributed by atoms with Gasteiger partial charge in [0.05, 0.1) is 5.69 Å². The maximum atomic E-state index is 13.1. The maximum absolute atomic E-state index is 13.1. The van der Waals surface area contributed by atoms with Crippen LogP contribution in [0.25, 0.3) is 11.3 Å². The minimum absolute atomic E-state index is 0.00258. The molecule has 0 radical (unpaired) electrons. The molecule has 0 aliphatic heterocycles. The van der Waals surface area contributed by atoms with E-state index in [0.717, 1.165) is 21.8 Å². The molecule has 0 spiro atoms. The van der Waals surface area contributed by atoms with E-state index in [1.807, 2.05) is 6.92 Å². The predicted octanol–water partition coefficient (Wildman–Crippen LogP) is 2.94. The second kappa shape index (κ2) is 6.66. The summed E-state index contributed by atoms with van der Waals surface area (Å²) in [7, 11) is 0. The largest absolute Gasteiger partial charge is 0.354 e. The highest BCUT2D eigenvalue weighted by Gasteiger charge is 2.20. The van der Waals surface area contributed by atoms with Gasteiger partial charge >= 0.3 is 4.87 Å². The summed E-state index contributed by atoms with van der Waals surface area (Å²) in [6, 6.07) is 5.98. The summed E-state index contributed by atoms with van der Waals surface area (Å²) in [6.45, 7) is 2.53. The fraction of sp³-hybridized carbons (Fsp3) is 0.412. The topological polar surface area (TPSA) is 51.1 Å². The molecule has 0 bridgehead atoms. The Morgan fingerprint density at radius 2 is 2.04 bits per heavy atom. The molecule has 23 heavy (non-hydrogen) atoms. The molecule has 1 amide bonds. The summed E-state index contributed by atoms with van der Waals surface area (Å²) in [5, 5.41) is 2.90. The van der Waals surface area contributed by atoms with E-state index in [2.05, 4.69) is 5.32 Å². The van der Waals surface area contributed by atoms with Gasteiger partial charge in [0, 0.05) is 11.4 Å². The van der Waals surface area contributed by atoms with Gasteiger partial charge in [0.15, 0.2) is 0 Å². The molecular formula is C17H19FN2O2S. The molecule has 4 nitrogen and oxygen atoms in total. The Labute approximate surface area is 138 Å². The fourth-order valence-electron chi connectivity index (χ4n) is 2.78. The van der Waals surface area contributed by atoms with Gasteiger partial charge in [-0.3, -0.25) is 14.2 Å². The molecule has 1 aliphatic rings. The first-order valence-corrected chi connectivity index (χ1v) is 8.59. The molecule has 1 heterocycles. The molecular weight excluding hydrogens is 315 g/mol. The summed E-state index contributed by atoms with van der Waals surface area (Å²) in [5.74, 6) is 0.102. The molecule has 1 aromatic carbocycles. The third-order valence-corrected chi connectivity index (χ3v) is 5.19. The molecule has 0 saturated heterocycles. The van der Waals surface area contributed by atoms with E-state index in [-0.39, 0.29) is 23.1 Å². The first-order chi connectivity index (χ1) is 11.0. The fourth-order valence-corrected chi connectivity index (χ4v) is 3.63. The summed E-state index contributed by atoms with van der Waals surface area (Å²) >= 11 is 1.11. The van der Waals surface area contributed by atoms with Gasteiger partial charge in [0.25, 0.3) is 0 Å². The zero-order valence-electron chi connectivity index (χ0n) is 13.0. The lowest BCUT2D eigenvalue weighted by Gasteiger charge is -2.25. The molecule has 1 fully saturated rings. The number of thiazole rings is 1. The highest BCUT2D eigenvalue weighted by atomic mass is 32.1. The normalized spacial score (nSPS) is 14.5. The summed E-state index contributed by atoms with van der Waals surface area (Å²) in [4.78, 5) is 25.0. The number of rotatable bonds is 5. The van der Waals surface area contributed by atoms with Crippen LogP contribution in [0.2, 0.25) is 0 Å². The van der Waals surface area contributed by atoms with Crippen LogP contribution < -0.4 is 10.2 Å². The number of benzene rings is 1. The minimum Gasteiger partial charge on any atom is -0.354 e.